The Balaban J connectivity index is 1.45. The first-order valence-electron chi connectivity index (χ1n) is 9.48. The van der Waals surface area contributed by atoms with E-state index in [1.807, 2.05) is 4.90 Å². The van der Waals surface area contributed by atoms with Gasteiger partial charge in [-0.25, -0.2) is 0 Å². The van der Waals surface area contributed by atoms with Crippen LogP contribution in [0.25, 0.3) is 11.3 Å². The molecule has 5 nitrogen and oxygen atoms in total. The first-order valence-corrected chi connectivity index (χ1v) is 9.48. The SMILES string of the molecule is Cc1cc(C)c(-c2ccc(N3CCN(C(=O)C4CC4)CC3)nn2)cc1C. The molecule has 2 aliphatic rings. The van der Waals surface area contributed by atoms with E-state index < -0.39 is 0 Å². The lowest BCUT2D eigenvalue weighted by Gasteiger charge is -2.35. The van der Waals surface area contributed by atoms with Crippen LogP contribution in [0.2, 0.25) is 0 Å². The predicted molar refractivity (Wildman–Crippen MR) is 103 cm³/mol. The highest BCUT2D eigenvalue weighted by Gasteiger charge is 2.34. The van der Waals surface area contributed by atoms with E-state index in [-0.39, 0.29) is 0 Å². The van der Waals surface area contributed by atoms with Gasteiger partial charge in [0.15, 0.2) is 5.82 Å². The monoisotopic (exact) mass is 350 g/mol. The van der Waals surface area contributed by atoms with Gasteiger partial charge in [0.1, 0.15) is 0 Å². The molecule has 0 bridgehead atoms. The van der Waals surface area contributed by atoms with Gasteiger partial charge in [-0.2, -0.15) is 0 Å². The highest BCUT2D eigenvalue weighted by atomic mass is 16.2. The van der Waals surface area contributed by atoms with Crippen molar-refractivity contribution in [3.63, 3.8) is 0 Å². The summed E-state index contributed by atoms with van der Waals surface area (Å²) in [6.07, 6.45) is 2.15. The van der Waals surface area contributed by atoms with Crippen molar-refractivity contribution in [2.24, 2.45) is 5.92 Å². The predicted octanol–water partition coefficient (Wildman–Crippen LogP) is 3.13. The van der Waals surface area contributed by atoms with Gasteiger partial charge in [-0.3, -0.25) is 4.79 Å². The molecule has 1 saturated carbocycles. The number of hydrogen-bond donors (Lipinski definition) is 0. The zero-order valence-corrected chi connectivity index (χ0v) is 15.8. The molecule has 4 rings (SSSR count). The number of carbonyl (C=O) groups excluding carboxylic acids is 1. The van der Waals surface area contributed by atoms with Crippen LogP contribution in [0.15, 0.2) is 24.3 Å². The number of amides is 1. The van der Waals surface area contributed by atoms with Gasteiger partial charge in [-0.1, -0.05) is 6.07 Å². The average Bonchev–Trinajstić information content (AvgIpc) is 3.50. The number of hydrogen-bond acceptors (Lipinski definition) is 4. The van der Waals surface area contributed by atoms with Crippen molar-refractivity contribution in [2.75, 3.05) is 31.1 Å². The Morgan fingerprint density at radius 3 is 2.23 bits per heavy atom. The molecule has 1 aromatic carbocycles. The van der Waals surface area contributed by atoms with Gasteiger partial charge < -0.3 is 9.80 Å². The van der Waals surface area contributed by atoms with Gasteiger partial charge in [-0.15, -0.1) is 10.2 Å². The van der Waals surface area contributed by atoms with Gasteiger partial charge in [-0.05, 0) is 68.5 Å². The first-order chi connectivity index (χ1) is 12.5. The van der Waals surface area contributed by atoms with E-state index in [4.69, 9.17) is 0 Å². The molecule has 2 heterocycles. The van der Waals surface area contributed by atoms with E-state index in [1.165, 1.54) is 16.7 Å². The van der Waals surface area contributed by atoms with Gasteiger partial charge in [0.25, 0.3) is 0 Å². The summed E-state index contributed by atoms with van der Waals surface area (Å²) in [5.41, 5.74) is 5.86. The summed E-state index contributed by atoms with van der Waals surface area (Å²) in [5.74, 6) is 1.55. The smallest absolute Gasteiger partial charge is 0.225 e. The van der Waals surface area contributed by atoms with Gasteiger partial charge in [0.2, 0.25) is 5.91 Å². The molecule has 0 unspecified atom stereocenters. The number of benzene rings is 1. The standard InChI is InChI=1S/C21H26N4O/c1-14-12-16(3)18(13-15(14)2)19-6-7-20(23-22-19)24-8-10-25(11-9-24)21(26)17-4-5-17/h6-7,12-13,17H,4-5,8-11H2,1-3H3. The maximum atomic E-state index is 12.2. The maximum absolute atomic E-state index is 12.2. The van der Waals surface area contributed by atoms with E-state index in [0.717, 1.165) is 56.1 Å². The minimum absolute atomic E-state index is 0.307. The Hall–Kier alpha value is -2.43. The molecule has 0 atom stereocenters. The zero-order chi connectivity index (χ0) is 18.3. The van der Waals surface area contributed by atoms with Crippen LogP contribution < -0.4 is 4.90 Å². The van der Waals surface area contributed by atoms with Crippen LogP contribution in [0.3, 0.4) is 0 Å². The number of piperazine rings is 1. The third-order valence-corrected chi connectivity index (χ3v) is 5.61. The summed E-state index contributed by atoms with van der Waals surface area (Å²) in [7, 11) is 0. The third-order valence-electron chi connectivity index (χ3n) is 5.61. The minimum Gasteiger partial charge on any atom is -0.352 e. The van der Waals surface area contributed by atoms with Crippen molar-refractivity contribution in [1.29, 1.82) is 0 Å². The lowest BCUT2D eigenvalue weighted by molar-refractivity contribution is -0.132. The van der Waals surface area contributed by atoms with Gasteiger partial charge >= 0.3 is 0 Å². The lowest BCUT2D eigenvalue weighted by atomic mass is 9.99. The van der Waals surface area contributed by atoms with Gasteiger partial charge in [0, 0.05) is 37.7 Å². The summed E-state index contributed by atoms with van der Waals surface area (Å²) in [6, 6.07) is 8.50. The summed E-state index contributed by atoms with van der Waals surface area (Å²) in [5, 5.41) is 8.94. The molecule has 136 valence electrons. The largest absolute Gasteiger partial charge is 0.352 e. The van der Waals surface area contributed by atoms with Crippen molar-refractivity contribution >= 4 is 11.7 Å². The number of rotatable bonds is 3. The molecule has 0 radical (unpaired) electrons. The number of aryl methyl sites for hydroxylation is 3. The third kappa shape index (κ3) is 3.30. The molecule has 0 spiro atoms. The van der Waals surface area contributed by atoms with Crippen molar-refractivity contribution in [2.45, 2.75) is 33.6 Å². The summed E-state index contributed by atoms with van der Waals surface area (Å²) < 4.78 is 0. The quantitative estimate of drug-likeness (QED) is 0.853. The van der Waals surface area contributed by atoms with Crippen LogP contribution in [0.1, 0.15) is 29.5 Å². The number of anilines is 1. The molecule has 1 amide bonds. The normalized spacial score (nSPS) is 17.5. The molecule has 1 aromatic heterocycles. The van der Waals surface area contributed by atoms with Crippen molar-refractivity contribution in [3.05, 3.63) is 41.0 Å². The molecular weight excluding hydrogens is 324 g/mol. The Bertz CT molecular complexity index is 819. The van der Waals surface area contributed by atoms with Crippen LogP contribution in [-0.4, -0.2) is 47.2 Å². The Morgan fingerprint density at radius 1 is 0.923 bits per heavy atom. The first kappa shape index (κ1) is 17.0. The highest BCUT2D eigenvalue weighted by molar-refractivity contribution is 5.81. The number of carbonyl (C=O) groups is 1. The summed E-state index contributed by atoms with van der Waals surface area (Å²) in [6.45, 7) is 9.61. The summed E-state index contributed by atoms with van der Waals surface area (Å²) in [4.78, 5) is 16.4. The van der Waals surface area contributed by atoms with Crippen LogP contribution in [-0.2, 0) is 4.79 Å². The second-order valence-corrected chi connectivity index (χ2v) is 7.61. The minimum atomic E-state index is 0.307. The number of nitrogens with zero attached hydrogens (tertiary/aromatic N) is 4. The van der Waals surface area contributed by atoms with Crippen LogP contribution in [0.4, 0.5) is 5.82 Å². The fourth-order valence-electron chi connectivity index (χ4n) is 3.62. The van der Waals surface area contributed by atoms with Gasteiger partial charge in [0.05, 0.1) is 5.69 Å². The summed E-state index contributed by atoms with van der Waals surface area (Å²) >= 11 is 0. The fourth-order valence-corrected chi connectivity index (χ4v) is 3.62. The van der Waals surface area contributed by atoms with Crippen molar-refractivity contribution in [3.8, 4) is 11.3 Å². The van der Waals surface area contributed by atoms with E-state index in [0.29, 0.717) is 11.8 Å². The molecule has 5 heteroatoms. The molecule has 26 heavy (non-hydrogen) atoms. The topological polar surface area (TPSA) is 49.3 Å². The highest BCUT2D eigenvalue weighted by Crippen LogP contribution is 2.31. The molecule has 1 aliphatic heterocycles. The molecule has 0 N–H and O–H groups in total. The van der Waals surface area contributed by atoms with Crippen LogP contribution >= 0.6 is 0 Å². The fraction of sp³-hybridized carbons (Fsp3) is 0.476. The lowest BCUT2D eigenvalue weighted by Crippen LogP contribution is -2.49. The molecular formula is C21H26N4O. The van der Waals surface area contributed by atoms with E-state index in [9.17, 15) is 4.79 Å². The molecule has 1 saturated heterocycles. The van der Waals surface area contributed by atoms with E-state index >= 15 is 0 Å². The average molecular weight is 350 g/mol. The Labute approximate surface area is 155 Å². The Kier molecular flexibility index (Phi) is 4.39. The second kappa shape index (κ2) is 6.71. The van der Waals surface area contributed by atoms with E-state index in [1.54, 1.807) is 0 Å². The molecule has 2 aromatic rings. The van der Waals surface area contributed by atoms with E-state index in [2.05, 4.69) is 60.1 Å². The second-order valence-electron chi connectivity index (χ2n) is 7.61. The molecule has 1 aliphatic carbocycles. The zero-order valence-electron chi connectivity index (χ0n) is 15.8. The van der Waals surface area contributed by atoms with Crippen LogP contribution in [0, 0.1) is 26.7 Å². The van der Waals surface area contributed by atoms with Crippen LogP contribution in [0.5, 0.6) is 0 Å². The molecule has 2 fully saturated rings. The van der Waals surface area contributed by atoms with Crippen molar-refractivity contribution in [1.82, 2.24) is 15.1 Å². The van der Waals surface area contributed by atoms with Crippen molar-refractivity contribution < 1.29 is 4.79 Å². The maximum Gasteiger partial charge on any atom is 0.225 e. The Morgan fingerprint density at radius 2 is 1.62 bits per heavy atom. The number of aromatic nitrogens is 2.